The smallest absolute Gasteiger partial charge is 0.271 e. The minimum Gasteiger partial charge on any atom is -0.372 e. The SMILES string of the molecule is N#C/C(=C\c1ccc(N2CCCC2)cc1)C(=O)Nc1cccc([N+](=O)[O-])c1. The van der Waals surface area contributed by atoms with Crippen LogP contribution in [0.1, 0.15) is 18.4 Å². The van der Waals surface area contributed by atoms with Crippen molar-refractivity contribution in [2.45, 2.75) is 12.8 Å². The van der Waals surface area contributed by atoms with E-state index in [0.29, 0.717) is 0 Å². The molecule has 0 atom stereocenters. The van der Waals surface area contributed by atoms with Crippen LogP contribution in [0.4, 0.5) is 17.1 Å². The first kappa shape index (κ1) is 18.1. The lowest BCUT2D eigenvalue weighted by molar-refractivity contribution is -0.384. The number of nitrogens with one attached hydrogen (secondary N) is 1. The van der Waals surface area contributed by atoms with Crippen molar-refractivity contribution in [2.24, 2.45) is 0 Å². The first-order valence-corrected chi connectivity index (χ1v) is 8.59. The molecule has 27 heavy (non-hydrogen) atoms. The first-order valence-electron chi connectivity index (χ1n) is 8.59. The number of hydrogen-bond donors (Lipinski definition) is 1. The normalized spacial score (nSPS) is 13.9. The van der Waals surface area contributed by atoms with Crippen LogP contribution in [-0.2, 0) is 4.79 Å². The van der Waals surface area contributed by atoms with Gasteiger partial charge < -0.3 is 10.2 Å². The van der Waals surface area contributed by atoms with Gasteiger partial charge in [0.05, 0.1) is 4.92 Å². The van der Waals surface area contributed by atoms with Gasteiger partial charge in [0.1, 0.15) is 11.6 Å². The lowest BCUT2D eigenvalue weighted by Gasteiger charge is -2.17. The van der Waals surface area contributed by atoms with E-state index in [0.717, 1.165) is 24.3 Å². The lowest BCUT2D eigenvalue weighted by atomic mass is 10.1. The molecule has 0 saturated carbocycles. The van der Waals surface area contributed by atoms with Gasteiger partial charge >= 0.3 is 0 Å². The van der Waals surface area contributed by atoms with E-state index in [1.54, 1.807) is 0 Å². The molecule has 2 aromatic rings. The predicted molar refractivity (Wildman–Crippen MR) is 103 cm³/mol. The van der Waals surface area contributed by atoms with Crippen LogP contribution < -0.4 is 10.2 Å². The van der Waals surface area contributed by atoms with Gasteiger partial charge in [-0.1, -0.05) is 18.2 Å². The fourth-order valence-electron chi connectivity index (χ4n) is 2.97. The van der Waals surface area contributed by atoms with Gasteiger partial charge in [-0.2, -0.15) is 5.26 Å². The van der Waals surface area contributed by atoms with Gasteiger partial charge in [0.25, 0.3) is 11.6 Å². The molecule has 7 nitrogen and oxygen atoms in total. The van der Waals surface area contributed by atoms with E-state index in [-0.39, 0.29) is 16.9 Å². The zero-order valence-corrected chi connectivity index (χ0v) is 14.6. The summed E-state index contributed by atoms with van der Waals surface area (Å²) in [6, 6.07) is 15.2. The summed E-state index contributed by atoms with van der Waals surface area (Å²) in [6.45, 7) is 2.09. The summed E-state index contributed by atoms with van der Waals surface area (Å²) < 4.78 is 0. The number of nitro groups is 1. The molecule has 1 N–H and O–H groups in total. The summed E-state index contributed by atoms with van der Waals surface area (Å²) in [5, 5.41) is 22.7. The van der Waals surface area contributed by atoms with E-state index in [4.69, 9.17) is 0 Å². The summed E-state index contributed by atoms with van der Waals surface area (Å²) in [4.78, 5) is 24.9. The highest BCUT2D eigenvalue weighted by Gasteiger charge is 2.14. The Morgan fingerprint density at radius 2 is 1.89 bits per heavy atom. The summed E-state index contributed by atoms with van der Waals surface area (Å²) >= 11 is 0. The number of amides is 1. The van der Waals surface area contributed by atoms with Crippen molar-refractivity contribution in [3.8, 4) is 6.07 Å². The molecule has 2 aromatic carbocycles. The number of non-ortho nitro benzene ring substituents is 1. The summed E-state index contributed by atoms with van der Waals surface area (Å²) in [5.74, 6) is -0.610. The zero-order chi connectivity index (χ0) is 19.2. The van der Waals surface area contributed by atoms with Gasteiger partial charge in [-0.15, -0.1) is 0 Å². The van der Waals surface area contributed by atoms with Gasteiger partial charge in [-0.25, -0.2) is 0 Å². The van der Waals surface area contributed by atoms with Crippen LogP contribution in [0.15, 0.2) is 54.1 Å². The van der Waals surface area contributed by atoms with Crippen LogP contribution in [0.2, 0.25) is 0 Å². The van der Waals surface area contributed by atoms with Crippen LogP contribution in [0.25, 0.3) is 6.08 Å². The van der Waals surface area contributed by atoms with Gasteiger partial charge in [0.2, 0.25) is 0 Å². The van der Waals surface area contributed by atoms with Crippen molar-refractivity contribution < 1.29 is 9.72 Å². The van der Waals surface area contributed by atoms with Crippen LogP contribution in [0, 0.1) is 21.4 Å². The number of carbonyl (C=O) groups is 1. The standard InChI is InChI=1S/C20H18N4O3/c21-14-16(20(25)22-17-4-3-5-19(13-17)24(26)27)12-15-6-8-18(9-7-15)23-10-1-2-11-23/h3-9,12-13H,1-2,10-11H2,(H,22,25)/b16-12+. The minimum absolute atomic E-state index is 0.0737. The molecule has 3 rings (SSSR count). The topological polar surface area (TPSA) is 99.3 Å². The largest absolute Gasteiger partial charge is 0.372 e. The number of nitrogens with zero attached hydrogens (tertiary/aromatic N) is 3. The Morgan fingerprint density at radius 3 is 2.52 bits per heavy atom. The Balaban J connectivity index is 1.73. The lowest BCUT2D eigenvalue weighted by Crippen LogP contribution is -2.17. The third-order valence-corrected chi connectivity index (χ3v) is 4.36. The molecule has 0 unspecified atom stereocenters. The number of rotatable bonds is 5. The number of hydrogen-bond acceptors (Lipinski definition) is 5. The van der Waals surface area contributed by atoms with E-state index in [1.807, 2.05) is 30.3 Å². The van der Waals surface area contributed by atoms with Crippen molar-refractivity contribution in [3.63, 3.8) is 0 Å². The number of benzene rings is 2. The molecule has 0 aliphatic carbocycles. The van der Waals surface area contributed by atoms with E-state index >= 15 is 0 Å². The fourth-order valence-corrected chi connectivity index (χ4v) is 2.97. The fraction of sp³-hybridized carbons (Fsp3) is 0.200. The highest BCUT2D eigenvalue weighted by atomic mass is 16.6. The summed E-state index contributed by atoms with van der Waals surface area (Å²) in [7, 11) is 0. The van der Waals surface area contributed by atoms with Crippen molar-refractivity contribution in [1.82, 2.24) is 0 Å². The van der Waals surface area contributed by atoms with Crippen molar-refractivity contribution >= 4 is 29.0 Å². The second-order valence-corrected chi connectivity index (χ2v) is 6.22. The zero-order valence-electron chi connectivity index (χ0n) is 14.6. The molecular formula is C20H18N4O3. The third-order valence-electron chi connectivity index (χ3n) is 4.36. The highest BCUT2D eigenvalue weighted by Crippen LogP contribution is 2.22. The molecule has 1 amide bonds. The Bertz CT molecular complexity index is 923. The number of carbonyl (C=O) groups excluding carboxylic acids is 1. The second-order valence-electron chi connectivity index (χ2n) is 6.22. The number of anilines is 2. The van der Waals surface area contributed by atoms with Gasteiger partial charge in [-0.05, 0) is 42.7 Å². The van der Waals surface area contributed by atoms with Crippen LogP contribution in [0.3, 0.4) is 0 Å². The van der Waals surface area contributed by atoms with Gasteiger partial charge in [-0.3, -0.25) is 14.9 Å². The quantitative estimate of drug-likeness (QED) is 0.378. The molecule has 1 fully saturated rings. The monoisotopic (exact) mass is 362 g/mol. The average Bonchev–Trinajstić information content (AvgIpc) is 3.21. The van der Waals surface area contributed by atoms with Crippen LogP contribution in [-0.4, -0.2) is 23.9 Å². The van der Waals surface area contributed by atoms with E-state index in [2.05, 4.69) is 10.2 Å². The average molecular weight is 362 g/mol. The summed E-state index contributed by atoms with van der Waals surface area (Å²) in [5.41, 5.74) is 1.93. The maximum absolute atomic E-state index is 12.3. The molecule has 0 bridgehead atoms. The van der Waals surface area contributed by atoms with Crippen molar-refractivity contribution in [3.05, 3.63) is 69.8 Å². The van der Waals surface area contributed by atoms with E-state index < -0.39 is 10.8 Å². The molecule has 1 aliphatic rings. The Hall–Kier alpha value is -3.66. The predicted octanol–water partition coefficient (Wildman–Crippen LogP) is 3.74. The Kier molecular flexibility index (Phi) is 5.47. The Labute approximate surface area is 156 Å². The van der Waals surface area contributed by atoms with Gasteiger partial charge in [0.15, 0.2) is 0 Å². The minimum atomic E-state index is -0.610. The molecule has 136 valence electrons. The Morgan fingerprint density at radius 1 is 1.19 bits per heavy atom. The van der Waals surface area contributed by atoms with Crippen molar-refractivity contribution in [1.29, 1.82) is 5.26 Å². The van der Waals surface area contributed by atoms with Crippen molar-refractivity contribution in [2.75, 3.05) is 23.3 Å². The third kappa shape index (κ3) is 4.50. The number of nitro benzene ring substituents is 1. The van der Waals surface area contributed by atoms with Crippen LogP contribution >= 0.6 is 0 Å². The van der Waals surface area contributed by atoms with E-state index in [9.17, 15) is 20.2 Å². The molecular weight excluding hydrogens is 344 g/mol. The maximum atomic E-state index is 12.3. The molecule has 0 aromatic heterocycles. The van der Waals surface area contributed by atoms with Crippen LogP contribution in [0.5, 0.6) is 0 Å². The maximum Gasteiger partial charge on any atom is 0.271 e. The summed E-state index contributed by atoms with van der Waals surface area (Å²) in [6.07, 6.45) is 3.89. The van der Waals surface area contributed by atoms with Gasteiger partial charge in [0, 0.05) is 36.6 Å². The highest BCUT2D eigenvalue weighted by molar-refractivity contribution is 6.09. The molecule has 1 aliphatic heterocycles. The molecule has 0 spiro atoms. The molecule has 0 radical (unpaired) electrons. The molecule has 1 saturated heterocycles. The second kappa shape index (κ2) is 8.15. The first-order chi connectivity index (χ1) is 13.1. The van der Waals surface area contributed by atoms with E-state index in [1.165, 1.54) is 43.2 Å². The molecule has 1 heterocycles. The number of nitriles is 1. The molecule has 7 heteroatoms.